The van der Waals surface area contributed by atoms with E-state index in [2.05, 4.69) is 9.97 Å². The molecule has 25 heavy (non-hydrogen) atoms. The lowest BCUT2D eigenvalue weighted by molar-refractivity contribution is -0.134. The Bertz CT molecular complexity index is 810. The maximum atomic E-state index is 12.7. The molecule has 1 aliphatic rings. The molecule has 1 N–H and O–H groups in total. The zero-order valence-electron chi connectivity index (χ0n) is 13.5. The van der Waals surface area contributed by atoms with Crippen LogP contribution in [0.25, 0.3) is 0 Å². The van der Waals surface area contributed by atoms with Crippen molar-refractivity contribution in [2.24, 2.45) is 0 Å². The topological polar surface area (TPSA) is 71.2 Å². The largest absolute Gasteiger partial charge is 0.425 e. The molecule has 136 valence electrons. The first-order valence-corrected chi connectivity index (χ1v) is 8.60. The van der Waals surface area contributed by atoms with Gasteiger partial charge >= 0.3 is 11.9 Å². The fourth-order valence-electron chi connectivity index (χ4n) is 2.67. The lowest BCUT2D eigenvalue weighted by Gasteiger charge is -2.29. The molecular weight excluding hydrogens is 357 g/mol. The number of hydrogen-bond donors (Lipinski definition) is 1. The van der Waals surface area contributed by atoms with E-state index in [1.54, 1.807) is 6.92 Å². The van der Waals surface area contributed by atoms with Crippen molar-refractivity contribution in [2.75, 3.05) is 18.0 Å². The normalized spacial score (nSPS) is 16.4. The molecule has 6 nitrogen and oxygen atoms in total. The number of alkyl halides is 3. The number of thiophene rings is 1. The molecule has 0 bridgehead atoms. The van der Waals surface area contributed by atoms with Gasteiger partial charge in [-0.3, -0.25) is 4.57 Å². The smallest absolute Gasteiger partial charge is 0.393 e. The van der Waals surface area contributed by atoms with Gasteiger partial charge in [0.05, 0.1) is 12.6 Å². The van der Waals surface area contributed by atoms with Gasteiger partial charge in [0.15, 0.2) is 0 Å². The number of rotatable bonds is 3. The standard InChI is InChI=1S/C15H17F3N4O2S/c1-9-19-13(21-6-4-10(23)5-7-21)20-14(24)22(9)8-11-2-3-12(25-11)15(16,17)18/h2-3,10,23H,4-8H2,1H3. The van der Waals surface area contributed by atoms with E-state index in [4.69, 9.17) is 0 Å². The van der Waals surface area contributed by atoms with Crippen LogP contribution in [0, 0.1) is 6.92 Å². The Kier molecular flexibility index (Phi) is 4.83. The highest BCUT2D eigenvalue weighted by atomic mass is 32.1. The molecule has 0 saturated carbocycles. The quantitative estimate of drug-likeness (QED) is 0.890. The third-order valence-corrected chi connectivity index (χ3v) is 5.20. The van der Waals surface area contributed by atoms with Gasteiger partial charge in [-0.1, -0.05) is 0 Å². The predicted octanol–water partition coefficient (Wildman–Crippen LogP) is 2.04. The van der Waals surface area contributed by atoms with Gasteiger partial charge in [-0.2, -0.15) is 23.1 Å². The van der Waals surface area contributed by atoms with Gasteiger partial charge in [0.2, 0.25) is 5.95 Å². The second-order valence-corrected chi connectivity index (χ2v) is 7.09. The molecule has 0 atom stereocenters. The van der Waals surface area contributed by atoms with Crippen molar-refractivity contribution in [1.29, 1.82) is 0 Å². The number of halogens is 3. The van der Waals surface area contributed by atoms with Crippen LogP contribution in [0.2, 0.25) is 0 Å². The molecule has 0 aromatic carbocycles. The van der Waals surface area contributed by atoms with E-state index in [9.17, 15) is 23.1 Å². The third-order valence-electron chi connectivity index (χ3n) is 4.08. The van der Waals surface area contributed by atoms with Gasteiger partial charge in [-0.05, 0) is 31.9 Å². The second kappa shape index (κ2) is 6.75. The minimum Gasteiger partial charge on any atom is -0.393 e. The van der Waals surface area contributed by atoms with Crippen LogP contribution >= 0.6 is 11.3 Å². The highest BCUT2D eigenvalue weighted by Gasteiger charge is 2.32. The van der Waals surface area contributed by atoms with Crippen LogP contribution in [0.3, 0.4) is 0 Å². The van der Waals surface area contributed by atoms with E-state index in [0.29, 0.717) is 53.9 Å². The summed E-state index contributed by atoms with van der Waals surface area (Å²) in [5, 5.41) is 9.54. The molecule has 0 radical (unpaired) electrons. The monoisotopic (exact) mass is 374 g/mol. The fraction of sp³-hybridized carbons (Fsp3) is 0.533. The summed E-state index contributed by atoms with van der Waals surface area (Å²) in [7, 11) is 0. The number of piperidine rings is 1. The van der Waals surface area contributed by atoms with E-state index in [-0.39, 0.29) is 12.6 Å². The maximum absolute atomic E-state index is 12.7. The number of hydrogen-bond acceptors (Lipinski definition) is 6. The Morgan fingerprint density at radius 3 is 2.52 bits per heavy atom. The molecular formula is C15H17F3N4O2S. The van der Waals surface area contributed by atoms with E-state index < -0.39 is 16.7 Å². The van der Waals surface area contributed by atoms with E-state index in [1.165, 1.54) is 10.6 Å². The number of aliphatic hydroxyl groups excluding tert-OH is 1. The molecule has 1 saturated heterocycles. The molecule has 1 aliphatic heterocycles. The van der Waals surface area contributed by atoms with Crippen LogP contribution in [0.1, 0.15) is 28.4 Å². The molecule has 3 heterocycles. The van der Waals surface area contributed by atoms with Crippen LogP contribution in [0.15, 0.2) is 16.9 Å². The summed E-state index contributed by atoms with van der Waals surface area (Å²) in [4.78, 5) is 22.1. The number of aryl methyl sites for hydroxylation is 1. The zero-order chi connectivity index (χ0) is 18.2. The van der Waals surface area contributed by atoms with Gasteiger partial charge < -0.3 is 10.0 Å². The van der Waals surface area contributed by atoms with Crippen molar-refractivity contribution in [3.63, 3.8) is 0 Å². The lowest BCUT2D eigenvalue weighted by atomic mass is 10.1. The predicted molar refractivity (Wildman–Crippen MR) is 86.9 cm³/mol. The summed E-state index contributed by atoms with van der Waals surface area (Å²) < 4.78 is 39.3. The average molecular weight is 374 g/mol. The van der Waals surface area contributed by atoms with Crippen LogP contribution in [-0.4, -0.2) is 38.8 Å². The highest BCUT2D eigenvalue weighted by molar-refractivity contribution is 7.12. The Balaban J connectivity index is 1.81. The molecule has 0 amide bonds. The van der Waals surface area contributed by atoms with Crippen molar-refractivity contribution in [3.05, 3.63) is 38.2 Å². The molecule has 1 fully saturated rings. The Morgan fingerprint density at radius 2 is 1.96 bits per heavy atom. The zero-order valence-corrected chi connectivity index (χ0v) is 14.3. The Labute approximate surface area is 145 Å². The summed E-state index contributed by atoms with van der Waals surface area (Å²) in [5.74, 6) is 0.691. The van der Waals surface area contributed by atoms with Crippen molar-refractivity contribution >= 4 is 17.3 Å². The first-order valence-electron chi connectivity index (χ1n) is 7.78. The lowest BCUT2D eigenvalue weighted by Crippen LogP contribution is -2.39. The van der Waals surface area contributed by atoms with E-state index >= 15 is 0 Å². The van der Waals surface area contributed by atoms with Crippen molar-refractivity contribution < 1.29 is 18.3 Å². The SMILES string of the molecule is Cc1nc(N2CCC(O)CC2)nc(=O)n1Cc1ccc(C(F)(F)F)s1. The van der Waals surface area contributed by atoms with Crippen molar-refractivity contribution in [2.45, 2.75) is 38.6 Å². The van der Waals surface area contributed by atoms with Gasteiger partial charge in [-0.15, -0.1) is 11.3 Å². The minimum atomic E-state index is -4.39. The summed E-state index contributed by atoms with van der Waals surface area (Å²) >= 11 is 0.606. The molecule has 10 heteroatoms. The number of aliphatic hydroxyl groups is 1. The molecule has 0 unspecified atom stereocenters. The van der Waals surface area contributed by atoms with Gasteiger partial charge in [0, 0.05) is 18.0 Å². The first kappa shape index (κ1) is 17.9. The van der Waals surface area contributed by atoms with E-state index in [1.807, 2.05) is 4.90 Å². The molecule has 0 aliphatic carbocycles. The first-order chi connectivity index (χ1) is 11.7. The molecule has 2 aromatic rings. The van der Waals surface area contributed by atoms with Crippen LogP contribution in [-0.2, 0) is 12.7 Å². The van der Waals surface area contributed by atoms with Crippen molar-refractivity contribution in [1.82, 2.24) is 14.5 Å². The average Bonchev–Trinajstić information content (AvgIpc) is 3.00. The minimum absolute atomic E-state index is 0.00437. The van der Waals surface area contributed by atoms with Gasteiger partial charge in [0.1, 0.15) is 10.7 Å². The Morgan fingerprint density at radius 1 is 1.28 bits per heavy atom. The number of nitrogens with zero attached hydrogens (tertiary/aromatic N) is 4. The summed E-state index contributed by atoms with van der Waals surface area (Å²) in [6, 6.07) is 2.37. The van der Waals surface area contributed by atoms with Crippen molar-refractivity contribution in [3.8, 4) is 0 Å². The van der Waals surface area contributed by atoms with Crippen LogP contribution in [0.4, 0.5) is 19.1 Å². The third kappa shape index (κ3) is 4.01. The number of aromatic nitrogens is 3. The highest BCUT2D eigenvalue weighted by Crippen LogP contribution is 2.34. The van der Waals surface area contributed by atoms with Crippen LogP contribution < -0.4 is 10.6 Å². The van der Waals surface area contributed by atoms with Gasteiger partial charge in [-0.25, -0.2) is 4.79 Å². The Hall–Kier alpha value is -1.94. The summed E-state index contributed by atoms with van der Waals surface area (Å²) in [5.41, 5.74) is -0.546. The van der Waals surface area contributed by atoms with Gasteiger partial charge in [0.25, 0.3) is 0 Å². The molecule has 0 spiro atoms. The second-order valence-electron chi connectivity index (χ2n) is 5.92. The van der Waals surface area contributed by atoms with E-state index in [0.717, 1.165) is 6.07 Å². The number of anilines is 1. The molecule has 2 aromatic heterocycles. The summed E-state index contributed by atoms with van der Waals surface area (Å²) in [6.45, 7) is 2.75. The fourth-order valence-corrected chi connectivity index (χ4v) is 3.54. The maximum Gasteiger partial charge on any atom is 0.425 e. The summed E-state index contributed by atoms with van der Waals surface area (Å²) in [6.07, 6.45) is -3.57. The molecule has 3 rings (SSSR count). The van der Waals surface area contributed by atoms with Crippen LogP contribution in [0.5, 0.6) is 0 Å².